The molecule has 1 aliphatic heterocycles. The summed E-state index contributed by atoms with van der Waals surface area (Å²) in [5.41, 5.74) is 0.463. The van der Waals surface area contributed by atoms with Gasteiger partial charge in [0, 0.05) is 16.9 Å². The smallest absolute Gasteiger partial charge is 0.411 e. The van der Waals surface area contributed by atoms with E-state index in [9.17, 15) is 24.3 Å². The number of carboxylic acid groups (broad SMARTS) is 1. The highest BCUT2D eigenvalue weighted by atomic mass is 35.5. The fourth-order valence-electron chi connectivity index (χ4n) is 4.02. The lowest BCUT2D eigenvalue weighted by Gasteiger charge is -2.32. The summed E-state index contributed by atoms with van der Waals surface area (Å²) in [4.78, 5) is 52.1. The van der Waals surface area contributed by atoms with Crippen molar-refractivity contribution < 1.29 is 29.0 Å². The Bertz CT molecular complexity index is 1240. The highest BCUT2D eigenvalue weighted by Crippen LogP contribution is 2.40. The first-order valence-electron chi connectivity index (χ1n) is 12.1. The van der Waals surface area contributed by atoms with Gasteiger partial charge in [0.1, 0.15) is 17.7 Å². The first kappa shape index (κ1) is 30.6. The molecule has 9 nitrogen and oxygen atoms in total. The number of carbonyl (C=O) groups excluding carboxylic acids is 3. The zero-order chi connectivity index (χ0) is 29.1. The molecule has 1 aliphatic rings. The van der Waals surface area contributed by atoms with E-state index in [2.05, 4.69) is 10.6 Å². The van der Waals surface area contributed by atoms with Gasteiger partial charge in [0.25, 0.3) is 5.91 Å². The Morgan fingerprint density at radius 3 is 2.23 bits per heavy atom. The third-order valence-electron chi connectivity index (χ3n) is 5.88. The first-order chi connectivity index (χ1) is 18.1. The second-order valence-corrected chi connectivity index (χ2v) is 13.0. The number of hydrogen-bond acceptors (Lipinski definition) is 6. The van der Waals surface area contributed by atoms with E-state index in [0.29, 0.717) is 11.3 Å². The number of anilines is 1. The monoisotopic (exact) mass is 595 g/mol. The van der Waals surface area contributed by atoms with Crippen LogP contribution in [0.25, 0.3) is 0 Å². The van der Waals surface area contributed by atoms with Crippen molar-refractivity contribution in [3.63, 3.8) is 0 Å². The Hall–Kier alpha value is -2.95. The van der Waals surface area contributed by atoms with Gasteiger partial charge in [-0.05, 0) is 64.4 Å². The number of thioether (sulfide) groups is 1. The van der Waals surface area contributed by atoms with Crippen LogP contribution in [0.15, 0.2) is 42.5 Å². The molecule has 0 spiro atoms. The second-order valence-electron chi connectivity index (χ2n) is 10.6. The van der Waals surface area contributed by atoms with Gasteiger partial charge in [0.15, 0.2) is 0 Å². The molecule has 3 N–H and O–H groups in total. The second kappa shape index (κ2) is 12.1. The van der Waals surface area contributed by atoms with Gasteiger partial charge in [-0.3, -0.25) is 14.5 Å². The summed E-state index contributed by atoms with van der Waals surface area (Å²) in [7, 11) is 0. The van der Waals surface area contributed by atoms with E-state index >= 15 is 0 Å². The van der Waals surface area contributed by atoms with Crippen LogP contribution in [0, 0.1) is 0 Å². The van der Waals surface area contributed by atoms with E-state index in [0.717, 1.165) is 0 Å². The van der Waals surface area contributed by atoms with Gasteiger partial charge in [-0.2, -0.15) is 0 Å². The normalized spacial score (nSPS) is 17.3. The molecule has 2 unspecified atom stereocenters. The molecule has 2 aromatic rings. The van der Waals surface area contributed by atoms with Crippen molar-refractivity contribution in [3.8, 4) is 0 Å². The Kier molecular flexibility index (Phi) is 9.46. The van der Waals surface area contributed by atoms with Crippen molar-refractivity contribution in [2.75, 3.05) is 11.2 Å². The largest absolute Gasteiger partial charge is 0.480 e. The van der Waals surface area contributed by atoms with Crippen LogP contribution in [-0.4, -0.2) is 62.2 Å². The predicted octanol–water partition coefficient (Wildman–Crippen LogP) is 5.45. The van der Waals surface area contributed by atoms with Crippen LogP contribution in [0.2, 0.25) is 10.0 Å². The molecule has 12 heteroatoms. The van der Waals surface area contributed by atoms with Crippen LogP contribution in [0.5, 0.6) is 0 Å². The number of carboxylic acids is 1. The molecule has 2 atom stereocenters. The number of nitrogens with one attached hydrogen (secondary N) is 2. The molecule has 210 valence electrons. The zero-order valence-electron chi connectivity index (χ0n) is 22.2. The molecule has 1 heterocycles. The number of benzene rings is 2. The van der Waals surface area contributed by atoms with Gasteiger partial charge in [0.2, 0.25) is 5.91 Å². The number of aliphatic carboxylic acids is 1. The molecular weight excluding hydrogens is 565 g/mol. The Labute approximate surface area is 241 Å². The van der Waals surface area contributed by atoms with Crippen LogP contribution in [0.1, 0.15) is 50.5 Å². The topological polar surface area (TPSA) is 125 Å². The number of carbonyl (C=O) groups is 4. The van der Waals surface area contributed by atoms with Crippen LogP contribution in [-0.2, 0) is 20.7 Å². The number of halogens is 2. The maximum absolute atomic E-state index is 13.3. The number of hydrogen-bond donors (Lipinski definition) is 3. The number of ether oxygens (including phenoxy) is 1. The van der Waals surface area contributed by atoms with Crippen molar-refractivity contribution in [1.82, 2.24) is 10.2 Å². The summed E-state index contributed by atoms with van der Waals surface area (Å²) in [6, 6.07) is 9.10. The highest BCUT2D eigenvalue weighted by molar-refractivity contribution is 8.00. The van der Waals surface area contributed by atoms with Gasteiger partial charge >= 0.3 is 12.1 Å². The summed E-state index contributed by atoms with van der Waals surface area (Å²) < 4.78 is 4.80. The van der Waals surface area contributed by atoms with Crippen molar-refractivity contribution in [2.45, 2.75) is 63.5 Å². The quantitative estimate of drug-likeness (QED) is 0.389. The Balaban J connectivity index is 1.70. The highest BCUT2D eigenvalue weighted by Gasteiger charge is 2.49. The number of rotatable bonds is 7. The molecular formula is C27H31Cl2N3O6S. The molecule has 2 aromatic carbocycles. The number of nitrogens with zero attached hydrogens (tertiary/aromatic N) is 1. The molecule has 0 aromatic heterocycles. The standard InChI is InChI=1S/C27H31Cl2N3O6S/c1-26(2,3)38-25(37)32-14-39-27(4,5)21(32)23(34)31-19(24(35)36)13-15-9-11-16(12-10-15)30-22(33)20-17(28)7-6-8-18(20)29/h6-12,19,21H,13-14H2,1-5H3,(H,30,33)(H,31,34)(H,35,36). The zero-order valence-corrected chi connectivity index (χ0v) is 24.5. The van der Waals surface area contributed by atoms with E-state index in [1.807, 2.05) is 13.8 Å². The third-order valence-corrected chi connectivity index (χ3v) is 7.88. The lowest BCUT2D eigenvalue weighted by Crippen LogP contribution is -2.57. The van der Waals surface area contributed by atoms with Gasteiger partial charge in [-0.25, -0.2) is 9.59 Å². The van der Waals surface area contributed by atoms with Crippen LogP contribution >= 0.6 is 35.0 Å². The van der Waals surface area contributed by atoms with Crippen molar-refractivity contribution in [2.24, 2.45) is 0 Å². The van der Waals surface area contributed by atoms with Crippen LogP contribution in [0.4, 0.5) is 10.5 Å². The van der Waals surface area contributed by atoms with Crippen molar-refractivity contribution >= 4 is 64.5 Å². The molecule has 0 saturated carbocycles. The fourth-order valence-corrected chi connectivity index (χ4v) is 5.71. The fraction of sp³-hybridized carbons (Fsp3) is 0.407. The summed E-state index contributed by atoms with van der Waals surface area (Å²) >= 11 is 13.6. The average Bonchev–Trinajstić information content (AvgIpc) is 3.13. The molecule has 39 heavy (non-hydrogen) atoms. The minimum absolute atomic E-state index is 0.0155. The maximum atomic E-state index is 13.3. The molecule has 1 fully saturated rings. The van der Waals surface area contributed by atoms with Crippen LogP contribution in [0.3, 0.4) is 0 Å². The summed E-state index contributed by atoms with van der Waals surface area (Å²) in [5, 5.41) is 15.6. The lowest BCUT2D eigenvalue weighted by molar-refractivity contribution is -0.142. The summed E-state index contributed by atoms with van der Waals surface area (Å²) in [6.07, 6.45) is -0.651. The minimum atomic E-state index is -1.25. The van der Waals surface area contributed by atoms with E-state index in [1.54, 1.807) is 63.2 Å². The van der Waals surface area contributed by atoms with Gasteiger partial charge < -0.3 is 20.5 Å². The van der Waals surface area contributed by atoms with E-state index < -0.39 is 46.3 Å². The van der Waals surface area contributed by atoms with Gasteiger partial charge in [-0.1, -0.05) is 41.4 Å². The SMILES string of the molecule is CC(C)(C)OC(=O)N1CSC(C)(C)C1C(=O)NC(Cc1ccc(NC(=O)c2c(Cl)cccc2Cl)cc1)C(=O)O. The predicted molar refractivity (Wildman–Crippen MR) is 153 cm³/mol. The Morgan fingerprint density at radius 1 is 1.10 bits per heavy atom. The molecule has 3 rings (SSSR count). The Morgan fingerprint density at radius 2 is 1.69 bits per heavy atom. The van der Waals surface area contributed by atoms with Crippen molar-refractivity contribution in [1.29, 1.82) is 0 Å². The molecule has 0 aliphatic carbocycles. The van der Waals surface area contributed by atoms with Crippen LogP contribution < -0.4 is 10.6 Å². The molecule has 0 radical (unpaired) electrons. The average molecular weight is 597 g/mol. The molecule has 0 bridgehead atoms. The van der Waals surface area contributed by atoms with Gasteiger partial charge in [0.05, 0.1) is 21.5 Å². The summed E-state index contributed by atoms with van der Waals surface area (Å²) in [5.74, 6) is -2.05. The van der Waals surface area contributed by atoms with Gasteiger partial charge in [-0.15, -0.1) is 11.8 Å². The number of amides is 3. The first-order valence-corrected chi connectivity index (χ1v) is 13.8. The third kappa shape index (κ3) is 7.80. The maximum Gasteiger partial charge on any atom is 0.411 e. The minimum Gasteiger partial charge on any atom is -0.480 e. The van der Waals surface area contributed by atoms with E-state index in [1.165, 1.54) is 16.7 Å². The summed E-state index contributed by atoms with van der Waals surface area (Å²) in [6.45, 7) is 8.85. The van der Waals surface area contributed by atoms with E-state index in [4.69, 9.17) is 27.9 Å². The molecule has 1 saturated heterocycles. The molecule has 3 amide bonds. The van der Waals surface area contributed by atoms with Crippen molar-refractivity contribution in [3.05, 3.63) is 63.6 Å². The lowest BCUT2D eigenvalue weighted by atomic mass is 9.99. The van der Waals surface area contributed by atoms with E-state index in [-0.39, 0.29) is 27.9 Å².